The quantitative estimate of drug-likeness (QED) is 0.423. The van der Waals surface area contributed by atoms with Crippen molar-refractivity contribution in [2.24, 2.45) is 5.92 Å². The van der Waals surface area contributed by atoms with E-state index in [2.05, 4.69) is 29.4 Å². The third kappa shape index (κ3) is 4.75. The highest BCUT2D eigenvalue weighted by atomic mass is 16.5. The summed E-state index contributed by atoms with van der Waals surface area (Å²) in [6.07, 6.45) is 2.52. The van der Waals surface area contributed by atoms with E-state index in [4.69, 9.17) is 9.47 Å². The van der Waals surface area contributed by atoms with Crippen LogP contribution in [0.25, 0.3) is 10.8 Å². The van der Waals surface area contributed by atoms with Crippen LogP contribution < -0.4 is 10.1 Å². The van der Waals surface area contributed by atoms with Crippen LogP contribution >= 0.6 is 0 Å². The summed E-state index contributed by atoms with van der Waals surface area (Å²) >= 11 is 0. The van der Waals surface area contributed by atoms with Gasteiger partial charge in [-0.25, -0.2) is 0 Å². The first kappa shape index (κ1) is 24.5. The highest BCUT2D eigenvalue weighted by molar-refractivity contribution is 5.98. The number of likely N-dealkylation sites (tertiary alicyclic amines) is 1. The molecule has 1 aliphatic carbocycles. The van der Waals surface area contributed by atoms with Crippen molar-refractivity contribution >= 4 is 22.6 Å². The Morgan fingerprint density at radius 3 is 2.61 bits per heavy atom. The molecule has 3 aromatic rings. The number of esters is 1. The molecule has 1 saturated heterocycles. The zero-order valence-electron chi connectivity index (χ0n) is 21.2. The molecule has 2 fully saturated rings. The summed E-state index contributed by atoms with van der Waals surface area (Å²) in [5, 5.41) is 5.50. The molecule has 1 aliphatic heterocycles. The number of nitrogens with one attached hydrogen (secondary N) is 1. The lowest BCUT2D eigenvalue weighted by molar-refractivity contribution is -0.131. The average molecular weight is 487 g/mol. The topological polar surface area (TPSA) is 67.9 Å². The summed E-state index contributed by atoms with van der Waals surface area (Å²) in [7, 11) is 3.92. The predicted molar refractivity (Wildman–Crippen MR) is 140 cm³/mol. The summed E-state index contributed by atoms with van der Waals surface area (Å²) in [5.74, 6) is 0.435. The Bertz CT molecular complexity index is 1270. The fourth-order valence-corrected chi connectivity index (χ4v) is 6.35. The van der Waals surface area contributed by atoms with E-state index < -0.39 is 0 Å². The number of carbonyl (C=O) groups is 2. The van der Waals surface area contributed by atoms with Gasteiger partial charge in [-0.3, -0.25) is 9.59 Å². The molecule has 1 amide bonds. The zero-order valence-corrected chi connectivity index (χ0v) is 21.2. The maximum atomic E-state index is 13.4. The van der Waals surface area contributed by atoms with Gasteiger partial charge in [0.25, 0.3) is 5.91 Å². The number of carbonyl (C=O) groups excluding carboxylic acids is 2. The fraction of sp³-hybridized carbons (Fsp3) is 0.400. The Morgan fingerprint density at radius 1 is 1.03 bits per heavy atom. The number of benzene rings is 3. The van der Waals surface area contributed by atoms with Gasteiger partial charge in [-0.1, -0.05) is 42.5 Å². The summed E-state index contributed by atoms with van der Waals surface area (Å²) in [6.45, 7) is 3.29. The molecule has 4 unspecified atom stereocenters. The Hall–Kier alpha value is -3.22. The van der Waals surface area contributed by atoms with E-state index in [1.165, 1.54) is 6.92 Å². The second kappa shape index (κ2) is 10.0. The van der Waals surface area contributed by atoms with E-state index in [0.29, 0.717) is 11.3 Å². The van der Waals surface area contributed by atoms with Crippen molar-refractivity contribution < 1.29 is 19.1 Å². The minimum absolute atomic E-state index is 0.000727. The summed E-state index contributed by atoms with van der Waals surface area (Å²) in [4.78, 5) is 27.3. The number of piperidine rings is 1. The minimum atomic E-state index is -0.330. The molecule has 0 spiro atoms. The van der Waals surface area contributed by atoms with Crippen LogP contribution in [0.3, 0.4) is 0 Å². The van der Waals surface area contributed by atoms with E-state index in [9.17, 15) is 9.59 Å². The maximum Gasteiger partial charge on any atom is 0.308 e. The average Bonchev–Trinajstić information content (AvgIpc) is 2.88. The van der Waals surface area contributed by atoms with Crippen LogP contribution in [0.4, 0.5) is 0 Å². The molecule has 3 aromatic carbocycles. The molecule has 1 N–H and O–H groups in total. The van der Waals surface area contributed by atoms with Crippen LogP contribution in [-0.2, 0) is 14.9 Å². The summed E-state index contributed by atoms with van der Waals surface area (Å²) < 4.78 is 11.5. The van der Waals surface area contributed by atoms with Crippen LogP contribution in [0.2, 0.25) is 0 Å². The number of ether oxygens (including phenoxy) is 2. The second-order valence-electron chi connectivity index (χ2n) is 10.3. The molecule has 0 aromatic heterocycles. The fourth-order valence-electron chi connectivity index (χ4n) is 6.35. The van der Waals surface area contributed by atoms with Gasteiger partial charge < -0.3 is 19.7 Å². The second-order valence-corrected chi connectivity index (χ2v) is 10.3. The highest BCUT2D eigenvalue weighted by Gasteiger charge is 2.52. The van der Waals surface area contributed by atoms with Crippen molar-refractivity contribution in [3.63, 3.8) is 0 Å². The first-order chi connectivity index (χ1) is 17.4. The van der Waals surface area contributed by atoms with Gasteiger partial charge in [0, 0.05) is 43.5 Å². The SMILES string of the molecule is COC1CC(NC(=O)c2ccc3ccccc3c2)CC2(c3cccc(OC(C)=O)c3)CCN(C)CC12. The van der Waals surface area contributed by atoms with E-state index in [0.717, 1.165) is 48.7 Å². The van der Waals surface area contributed by atoms with Crippen LogP contribution in [0.15, 0.2) is 66.7 Å². The van der Waals surface area contributed by atoms with Gasteiger partial charge >= 0.3 is 5.97 Å². The molecule has 1 saturated carbocycles. The molecule has 36 heavy (non-hydrogen) atoms. The van der Waals surface area contributed by atoms with E-state index >= 15 is 0 Å². The van der Waals surface area contributed by atoms with Gasteiger partial charge in [-0.2, -0.15) is 0 Å². The van der Waals surface area contributed by atoms with Gasteiger partial charge in [0.05, 0.1) is 6.10 Å². The Labute approximate surface area is 212 Å². The van der Waals surface area contributed by atoms with Crippen LogP contribution in [0, 0.1) is 5.92 Å². The minimum Gasteiger partial charge on any atom is -0.427 e. The maximum absolute atomic E-state index is 13.4. The molecular weight excluding hydrogens is 452 g/mol. The Morgan fingerprint density at radius 2 is 1.83 bits per heavy atom. The predicted octanol–water partition coefficient (Wildman–Crippen LogP) is 4.56. The Kier molecular flexibility index (Phi) is 6.82. The number of methoxy groups -OCH3 is 1. The van der Waals surface area contributed by atoms with Crippen molar-refractivity contribution in [1.29, 1.82) is 0 Å². The largest absolute Gasteiger partial charge is 0.427 e. The number of hydrogen-bond donors (Lipinski definition) is 1. The van der Waals surface area contributed by atoms with E-state index in [1.807, 2.05) is 54.6 Å². The van der Waals surface area contributed by atoms with E-state index in [-0.39, 0.29) is 35.4 Å². The van der Waals surface area contributed by atoms with Gasteiger partial charge in [-0.15, -0.1) is 0 Å². The molecule has 6 nitrogen and oxygen atoms in total. The standard InChI is InChI=1S/C30H34N2O4/c1-20(33)36-26-10-6-9-24(16-26)30-13-14-32(2)19-27(30)28(35-3)17-25(18-30)31-29(34)23-12-11-21-7-4-5-8-22(21)15-23/h4-12,15-16,25,27-28H,13-14,17-19H2,1-3H3,(H,31,34). The molecule has 2 aliphatic rings. The lowest BCUT2D eigenvalue weighted by atomic mass is 9.57. The third-order valence-electron chi connectivity index (χ3n) is 8.05. The molecule has 4 atom stereocenters. The monoisotopic (exact) mass is 486 g/mol. The van der Waals surface area contributed by atoms with Crippen LogP contribution in [0.1, 0.15) is 42.1 Å². The van der Waals surface area contributed by atoms with Gasteiger partial charge in [-0.05, 0) is 73.5 Å². The van der Waals surface area contributed by atoms with E-state index in [1.54, 1.807) is 7.11 Å². The van der Waals surface area contributed by atoms with Crippen molar-refractivity contribution in [2.45, 2.75) is 43.7 Å². The number of rotatable bonds is 5. The first-order valence-electron chi connectivity index (χ1n) is 12.7. The molecule has 6 heteroatoms. The van der Waals surface area contributed by atoms with Gasteiger partial charge in [0.15, 0.2) is 0 Å². The summed E-state index contributed by atoms with van der Waals surface area (Å²) in [5.41, 5.74) is 1.62. The molecule has 1 heterocycles. The molecule has 5 rings (SSSR count). The number of fused-ring (bicyclic) bond motifs is 2. The highest BCUT2D eigenvalue weighted by Crippen LogP contribution is 2.50. The lowest BCUT2D eigenvalue weighted by Crippen LogP contribution is -2.60. The third-order valence-corrected chi connectivity index (χ3v) is 8.05. The lowest BCUT2D eigenvalue weighted by Gasteiger charge is -2.55. The van der Waals surface area contributed by atoms with Crippen LogP contribution in [0.5, 0.6) is 5.75 Å². The first-order valence-corrected chi connectivity index (χ1v) is 12.7. The smallest absolute Gasteiger partial charge is 0.308 e. The molecular formula is C30H34N2O4. The van der Waals surface area contributed by atoms with Crippen molar-refractivity contribution in [3.8, 4) is 5.75 Å². The Balaban J connectivity index is 1.46. The molecule has 0 radical (unpaired) electrons. The van der Waals surface area contributed by atoms with Crippen molar-refractivity contribution in [1.82, 2.24) is 10.2 Å². The van der Waals surface area contributed by atoms with Crippen molar-refractivity contribution in [2.75, 3.05) is 27.2 Å². The number of amides is 1. The number of nitrogens with zero attached hydrogens (tertiary/aromatic N) is 1. The summed E-state index contributed by atoms with van der Waals surface area (Å²) in [6, 6.07) is 21.8. The van der Waals surface area contributed by atoms with Crippen molar-refractivity contribution in [3.05, 3.63) is 77.9 Å². The molecule has 0 bridgehead atoms. The van der Waals surface area contributed by atoms with Gasteiger partial charge in [0.2, 0.25) is 0 Å². The van der Waals surface area contributed by atoms with Gasteiger partial charge in [0.1, 0.15) is 5.75 Å². The normalized spacial score (nSPS) is 26.2. The zero-order chi connectivity index (χ0) is 25.3. The molecule has 188 valence electrons. The number of hydrogen-bond acceptors (Lipinski definition) is 5. The van der Waals surface area contributed by atoms with Crippen LogP contribution in [-0.4, -0.2) is 56.2 Å².